The number of thiocarbonyl (C=S) groups is 1. The molecule has 0 saturated carbocycles. The van der Waals surface area contributed by atoms with E-state index >= 15 is 0 Å². The van der Waals surface area contributed by atoms with Crippen LogP contribution in [-0.4, -0.2) is 36.6 Å². The Morgan fingerprint density at radius 2 is 2.56 bits per heavy atom. The largest absolute Gasteiger partial charge is 0.385 e. The molecule has 0 bridgehead atoms. The first-order valence-corrected chi connectivity index (χ1v) is 5.43. The molecule has 1 aromatic heterocycles. The van der Waals surface area contributed by atoms with E-state index in [0.717, 1.165) is 25.3 Å². The van der Waals surface area contributed by atoms with Gasteiger partial charge < -0.3 is 15.0 Å². The van der Waals surface area contributed by atoms with Crippen LogP contribution in [0.5, 0.6) is 0 Å². The van der Waals surface area contributed by atoms with Crippen molar-refractivity contribution in [3.05, 3.63) is 24.0 Å². The molecule has 16 heavy (non-hydrogen) atoms. The molecule has 3 N–H and O–H groups in total. The zero-order valence-corrected chi connectivity index (χ0v) is 10.0. The van der Waals surface area contributed by atoms with E-state index in [-0.39, 0.29) is 0 Å². The quantitative estimate of drug-likeness (QED) is 0.298. The molecular formula is C10H16N4OS. The lowest BCUT2D eigenvalue weighted by Crippen LogP contribution is -2.33. The molecular weight excluding hydrogens is 224 g/mol. The highest BCUT2D eigenvalue weighted by Crippen LogP contribution is 1.87. The Balaban J connectivity index is 2.10. The molecule has 1 heterocycles. The number of ether oxygens (including phenoxy) is 1. The lowest BCUT2D eigenvalue weighted by atomic mass is 10.4. The summed E-state index contributed by atoms with van der Waals surface area (Å²) in [5.74, 6) is 0. The molecule has 0 unspecified atom stereocenters. The summed E-state index contributed by atoms with van der Waals surface area (Å²) < 4.78 is 4.92. The van der Waals surface area contributed by atoms with Crippen molar-refractivity contribution in [3.8, 4) is 0 Å². The van der Waals surface area contributed by atoms with Crippen LogP contribution >= 0.6 is 12.2 Å². The van der Waals surface area contributed by atoms with Crippen molar-refractivity contribution in [1.29, 1.82) is 0 Å². The van der Waals surface area contributed by atoms with Crippen molar-refractivity contribution < 1.29 is 4.74 Å². The minimum atomic E-state index is 0.513. The van der Waals surface area contributed by atoms with E-state index in [1.165, 1.54) is 0 Å². The topological polar surface area (TPSA) is 61.4 Å². The van der Waals surface area contributed by atoms with Crippen molar-refractivity contribution >= 4 is 23.5 Å². The number of hydrazone groups is 1. The van der Waals surface area contributed by atoms with Crippen molar-refractivity contribution in [2.75, 3.05) is 20.3 Å². The Bertz CT molecular complexity index is 324. The van der Waals surface area contributed by atoms with E-state index in [9.17, 15) is 0 Å². The molecule has 0 aliphatic rings. The maximum atomic E-state index is 5.01. The van der Waals surface area contributed by atoms with Crippen LogP contribution in [0.3, 0.4) is 0 Å². The first-order chi connectivity index (χ1) is 7.83. The first-order valence-electron chi connectivity index (χ1n) is 5.02. The summed E-state index contributed by atoms with van der Waals surface area (Å²) >= 11 is 5.01. The summed E-state index contributed by atoms with van der Waals surface area (Å²) in [5, 5.41) is 7.50. The summed E-state index contributed by atoms with van der Waals surface area (Å²) in [4.78, 5) is 3.00. The Kier molecular flexibility index (Phi) is 6.20. The molecule has 1 aromatic rings. The van der Waals surface area contributed by atoms with Crippen LogP contribution < -0.4 is 10.7 Å². The van der Waals surface area contributed by atoms with E-state index in [2.05, 4.69) is 20.8 Å². The number of nitrogens with one attached hydrogen (secondary N) is 3. The maximum absolute atomic E-state index is 5.01. The van der Waals surface area contributed by atoms with E-state index < -0.39 is 0 Å². The Morgan fingerprint density at radius 1 is 1.69 bits per heavy atom. The highest BCUT2D eigenvalue weighted by Gasteiger charge is 1.92. The molecule has 0 amide bonds. The van der Waals surface area contributed by atoms with Gasteiger partial charge in [0.25, 0.3) is 0 Å². The molecule has 1 rings (SSSR count). The molecule has 0 aliphatic carbocycles. The lowest BCUT2D eigenvalue weighted by Gasteiger charge is -2.05. The number of H-pyrrole nitrogens is 1. The van der Waals surface area contributed by atoms with Gasteiger partial charge in [-0.05, 0) is 30.8 Å². The molecule has 0 radical (unpaired) electrons. The fourth-order valence-corrected chi connectivity index (χ4v) is 1.20. The van der Waals surface area contributed by atoms with Gasteiger partial charge in [-0.2, -0.15) is 5.10 Å². The molecule has 6 heteroatoms. The third kappa shape index (κ3) is 5.47. The molecule has 0 fully saturated rings. The number of nitrogens with zero attached hydrogens (tertiary/aromatic N) is 1. The minimum absolute atomic E-state index is 0.513. The first kappa shape index (κ1) is 12.7. The second kappa shape index (κ2) is 7.84. The molecule has 0 atom stereocenters. The second-order valence-electron chi connectivity index (χ2n) is 3.10. The van der Waals surface area contributed by atoms with Gasteiger partial charge >= 0.3 is 0 Å². The zero-order chi connectivity index (χ0) is 11.6. The standard InChI is InChI=1S/C10H16N4OS/c1-15-7-3-6-12-10(16)14-13-8-9-4-2-5-11-9/h2,4-5,8,11H,3,6-7H2,1H3,(H2,12,14,16)/b13-8+. The van der Waals surface area contributed by atoms with Gasteiger partial charge in [-0.25, -0.2) is 0 Å². The molecule has 88 valence electrons. The van der Waals surface area contributed by atoms with Crippen LogP contribution in [-0.2, 0) is 4.74 Å². The van der Waals surface area contributed by atoms with Crippen LogP contribution in [0, 0.1) is 0 Å². The third-order valence-electron chi connectivity index (χ3n) is 1.80. The summed E-state index contributed by atoms with van der Waals surface area (Å²) in [6.07, 6.45) is 4.42. The van der Waals surface area contributed by atoms with Crippen LogP contribution in [0.15, 0.2) is 23.4 Å². The second-order valence-corrected chi connectivity index (χ2v) is 3.51. The average Bonchev–Trinajstić information content (AvgIpc) is 2.77. The zero-order valence-electron chi connectivity index (χ0n) is 9.19. The van der Waals surface area contributed by atoms with Gasteiger partial charge in [-0.15, -0.1) is 0 Å². The number of aromatic nitrogens is 1. The van der Waals surface area contributed by atoms with Gasteiger partial charge in [-0.3, -0.25) is 5.43 Å². The van der Waals surface area contributed by atoms with E-state index in [1.807, 2.05) is 18.3 Å². The lowest BCUT2D eigenvalue weighted by molar-refractivity contribution is 0.195. The van der Waals surface area contributed by atoms with Gasteiger partial charge in [0.1, 0.15) is 0 Å². The fourth-order valence-electron chi connectivity index (χ4n) is 1.04. The summed E-state index contributed by atoms with van der Waals surface area (Å²) in [6, 6.07) is 3.82. The minimum Gasteiger partial charge on any atom is -0.385 e. The SMILES string of the molecule is COCCCNC(=S)N/N=C/c1ccc[nH]1. The molecule has 0 aromatic carbocycles. The summed E-state index contributed by atoms with van der Waals surface area (Å²) in [5.41, 5.74) is 3.65. The summed E-state index contributed by atoms with van der Waals surface area (Å²) in [6.45, 7) is 1.50. The van der Waals surface area contributed by atoms with Gasteiger partial charge in [0.15, 0.2) is 5.11 Å². The predicted octanol–water partition coefficient (Wildman–Crippen LogP) is 0.849. The van der Waals surface area contributed by atoms with Crippen LogP contribution in [0.2, 0.25) is 0 Å². The number of hydrogen-bond acceptors (Lipinski definition) is 3. The molecule has 5 nitrogen and oxygen atoms in total. The average molecular weight is 240 g/mol. The van der Waals surface area contributed by atoms with E-state index in [0.29, 0.717) is 5.11 Å². The van der Waals surface area contributed by atoms with Crippen LogP contribution in [0.4, 0.5) is 0 Å². The normalized spacial score (nSPS) is 10.6. The number of rotatable bonds is 6. The monoisotopic (exact) mass is 240 g/mol. The van der Waals surface area contributed by atoms with Crippen LogP contribution in [0.1, 0.15) is 12.1 Å². The van der Waals surface area contributed by atoms with Gasteiger partial charge in [0, 0.05) is 26.5 Å². The molecule has 0 aliphatic heterocycles. The van der Waals surface area contributed by atoms with Crippen molar-refractivity contribution in [2.24, 2.45) is 5.10 Å². The Hall–Kier alpha value is -1.40. The van der Waals surface area contributed by atoms with Crippen LogP contribution in [0.25, 0.3) is 0 Å². The predicted molar refractivity (Wildman–Crippen MR) is 68.6 cm³/mol. The van der Waals surface area contributed by atoms with Gasteiger partial charge in [0.05, 0.1) is 11.9 Å². The van der Waals surface area contributed by atoms with E-state index in [4.69, 9.17) is 17.0 Å². The maximum Gasteiger partial charge on any atom is 0.186 e. The number of hydrogen-bond donors (Lipinski definition) is 3. The highest BCUT2D eigenvalue weighted by atomic mass is 32.1. The third-order valence-corrected chi connectivity index (χ3v) is 2.04. The number of methoxy groups -OCH3 is 1. The smallest absolute Gasteiger partial charge is 0.186 e. The van der Waals surface area contributed by atoms with Crippen molar-refractivity contribution in [2.45, 2.75) is 6.42 Å². The number of aromatic amines is 1. The van der Waals surface area contributed by atoms with Crippen molar-refractivity contribution in [3.63, 3.8) is 0 Å². The molecule has 0 saturated heterocycles. The van der Waals surface area contributed by atoms with Gasteiger partial charge in [0.2, 0.25) is 0 Å². The summed E-state index contributed by atoms with van der Waals surface area (Å²) in [7, 11) is 1.68. The Labute approximate surface area is 100 Å². The van der Waals surface area contributed by atoms with E-state index in [1.54, 1.807) is 13.3 Å². The fraction of sp³-hybridized carbons (Fsp3) is 0.400. The van der Waals surface area contributed by atoms with Crippen molar-refractivity contribution in [1.82, 2.24) is 15.7 Å². The Morgan fingerprint density at radius 3 is 3.25 bits per heavy atom. The highest BCUT2D eigenvalue weighted by molar-refractivity contribution is 7.80. The van der Waals surface area contributed by atoms with Gasteiger partial charge in [-0.1, -0.05) is 0 Å². The molecule has 0 spiro atoms.